The molecule has 2 unspecified atom stereocenters. The molecule has 94 valence electrons. The minimum atomic E-state index is -3.52. The van der Waals surface area contributed by atoms with Crippen molar-refractivity contribution in [3.63, 3.8) is 0 Å². The van der Waals surface area contributed by atoms with Crippen LogP contribution in [0.25, 0.3) is 0 Å². The van der Waals surface area contributed by atoms with Crippen LogP contribution in [0.2, 0.25) is 0 Å². The van der Waals surface area contributed by atoms with Gasteiger partial charge in [-0.3, -0.25) is 4.79 Å². The van der Waals surface area contributed by atoms with Gasteiger partial charge in [-0.25, -0.2) is 4.72 Å². The van der Waals surface area contributed by atoms with E-state index in [9.17, 15) is 13.2 Å². The maximum absolute atomic E-state index is 11.8. The number of carboxylic acid groups (broad SMARTS) is 1. The van der Waals surface area contributed by atoms with Gasteiger partial charge in [0.15, 0.2) is 0 Å². The van der Waals surface area contributed by atoms with E-state index in [2.05, 4.69) is 4.72 Å². The van der Waals surface area contributed by atoms with Gasteiger partial charge in [0.1, 0.15) is 0 Å². The van der Waals surface area contributed by atoms with E-state index in [1.807, 2.05) is 6.92 Å². The summed E-state index contributed by atoms with van der Waals surface area (Å²) in [6, 6.07) is -0.480. The van der Waals surface area contributed by atoms with Crippen LogP contribution in [0.3, 0.4) is 0 Å². The topological polar surface area (TPSA) is 86.7 Å². The molecule has 0 bridgehead atoms. The summed E-state index contributed by atoms with van der Waals surface area (Å²) in [6.45, 7) is 4.16. The van der Waals surface area contributed by atoms with Crippen molar-refractivity contribution in [1.29, 1.82) is 0 Å². The van der Waals surface area contributed by atoms with Crippen LogP contribution in [0, 0.1) is 5.92 Å². The van der Waals surface area contributed by atoms with Crippen LogP contribution in [0.15, 0.2) is 0 Å². The van der Waals surface area contributed by atoms with Crippen molar-refractivity contribution in [3.8, 4) is 0 Å². The molecule has 1 aliphatic heterocycles. The molecule has 0 radical (unpaired) electrons. The lowest BCUT2D eigenvalue weighted by Crippen LogP contribution is -2.44. The first-order valence-electron chi connectivity index (χ1n) is 5.39. The molecule has 0 amide bonds. The fraction of sp³-hybridized carbons (Fsp3) is 0.889. The number of aliphatic carboxylic acids is 1. The van der Waals surface area contributed by atoms with Crippen LogP contribution in [0.5, 0.6) is 0 Å². The third kappa shape index (κ3) is 2.72. The molecule has 1 saturated heterocycles. The van der Waals surface area contributed by atoms with Crippen LogP contribution in [-0.2, 0) is 15.0 Å². The highest BCUT2D eigenvalue weighted by molar-refractivity contribution is 7.87. The number of carboxylic acids is 1. The molecule has 1 rings (SSSR count). The second-order valence-electron chi connectivity index (χ2n) is 3.98. The van der Waals surface area contributed by atoms with Gasteiger partial charge in [0, 0.05) is 19.1 Å². The average molecular weight is 250 g/mol. The number of rotatable bonds is 5. The van der Waals surface area contributed by atoms with Crippen molar-refractivity contribution in [2.75, 3.05) is 13.1 Å². The molecule has 2 N–H and O–H groups in total. The van der Waals surface area contributed by atoms with Gasteiger partial charge in [-0.05, 0) is 19.8 Å². The summed E-state index contributed by atoms with van der Waals surface area (Å²) in [7, 11) is -3.52. The molecule has 1 heterocycles. The summed E-state index contributed by atoms with van der Waals surface area (Å²) in [5, 5.41) is 8.90. The van der Waals surface area contributed by atoms with Gasteiger partial charge < -0.3 is 5.11 Å². The molecule has 1 fully saturated rings. The lowest BCUT2D eigenvalue weighted by Gasteiger charge is -2.22. The zero-order valence-electron chi connectivity index (χ0n) is 9.51. The lowest BCUT2D eigenvalue weighted by molar-refractivity contribution is -0.142. The predicted molar refractivity (Wildman–Crippen MR) is 59.1 cm³/mol. The van der Waals surface area contributed by atoms with Gasteiger partial charge in [0.2, 0.25) is 0 Å². The summed E-state index contributed by atoms with van der Waals surface area (Å²) in [4.78, 5) is 10.9. The van der Waals surface area contributed by atoms with Crippen molar-refractivity contribution in [2.24, 2.45) is 5.92 Å². The van der Waals surface area contributed by atoms with E-state index in [1.165, 1.54) is 4.31 Å². The standard InChI is InChI=1S/C9H18N2O4S/c1-3-5-10-16(14,15)11-6-4-8(7(11)2)9(12)13/h7-8,10H,3-6H2,1-2H3,(H,12,13). The molecule has 2 atom stereocenters. The van der Waals surface area contributed by atoms with Gasteiger partial charge in [0.05, 0.1) is 5.92 Å². The summed E-state index contributed by atoms with van der Waals surface area (Å²) in [6.07, 6.45) is 1.09. The number of nitrogens with zero attached hydrogens (tertiary/aromatic N) is 1. The Morgan fingerprint density at radius 3 is 2.62 bits per heavy atom. The van der Waals surface area contributed by atoms with E-state index in [0.29, 0.717) is 19.4 Å². The maximum atomic E-state index is 11.8. The minimum Gasteiger partial charge on any atom is -0.481 e. The quantitative estimate of drug-likeness (QED) is 0.720. The van der Waals surface area contributed by atoms with E-state index in [-0.39, 0.29) is 6.54 Å². The largest absolute Gasteiger partial charge is 0.481 e. The molecule has 7 heteroatoms. The van der Waals surface area contributed by atoms with Gasteiger partial charge in [0.25, 0.3) is 10.2 Å². The highest BCUT2D eigenvalue weighted by Gasteiger charge is 2.41. The van der Waals surface area contributed by atoms with E-state index in [0.717, 1.165) is 0 Å². The number of hydrogen-bond donors (Lipinski definition) is 2. The second kappa shape index (κ2) is 5.11. The minimum absolute atomic E-state index is 0.275. The number of carbonyl (C=O) groups is 1. The molecule has 6 nitrogen and oxygen atoms in total. The predicted octanol–water partition coefficient (Wildman–Crippen LogP) is 0.0258. The first-order valence-corrected chi connectivity index (χ1v) is 6.83. The highest BCUT2D eigenvalue weighted by atomic mass is 32.2. The summed E-state index contributed by atoms with van der Waals surface area (Å²) < 4.78 is 27.3. The molecule has 1 aliphatic rings. The summed E-state index contributed by atoms with van der Waals surface area (Å²) >= 11 is 0. The molecule has 0 aliphatic carbocycles. The van der Waals surface area contributed by atoms with Crippen molar-refractivity contribution in [3.05, 3.63) is 0 Å². The second-order valence-corrected chi connectivity index (χ2v) is 5.69. The Bertz CT molecular complexity index is 355. The first-order chi connectivity index (χ1) is 7.40. The fourth-order valence-corrected chi connectivity index (χ4v) is 3.45. The molecule has 16 heavy (non-hydrogen) atoms. The Balaban J connectivity index is 2.73. The molecule has 0 aromatic heterocycles. The molecular formula is C9H18N2O4S. The fourth-order valence-electron chi connectivity index (χ4n) is 1.89. The summed E-state index contributed by atoms with van der Waals surface area (Å²) in [5.41, 5.74) is 0. The Morgan fingerprint density at radius 2 is 2.19 bits per heavy atom. The van der Waals surface area contributed by atoms with Crippen LogP contribution in [0.4, 0.5) is 0 Å². The summed E-state index contributed by atoms with van der Waals surface area (Å²) in [5.74, 6) is -1.53. The number of hydrogen-bond acceptors (Lipinski definition) is 3. The monoisotopic (exact) mass is 250 g/mol. The van der Waals surface area contributed by atoms with Gasteiger partial charge >= 0.3 is 5.97 Å². The van der Waals surface area contributed by atoms with Crippen molar-refractivity contribution >= 4 is 16.2 Å². The van der Waals surface area contributed by atoms with Crippen LogP contribution >= 0.6 is 0 Å². The molecule has 0 spiro atoms. The van der Waals surface area contributed by atoms with Gasteiger partial charge in [-0.1, -0.05) is 6.92 Å². The normalized spacial score (nSPS) is 27.1. The molecule has 0 saturated carbocycles. The smallest absolute Gasteiger partial charge is 0.308 e. The third-order valence-electron chi connectivity index (χ3n) is 2.86. The Kier molecular flexibility index (Phi) is 4.28. The molecular weight excluding hydrogens is 232 g/mol. The van der Waals surface area contributed by atoms with Crippen molar-refractivity contribution < 1.29 is 18.3 Å². The van der Waals surface area contributed by atoms with E-state index in [4.69, 9.17) is 5.11 Å². The number of nitrogens with one attached hydrogen (secondary N) is 1. The Hall–Kier alpha value is -0.660. The van der Waals surface area contributed by atoms with E-state index >= 15 is 0 Å². The Labute approximate surface area is 95.8 Å². The SMILES string of the molecule is CCCNS(=O)(=O)N1CCC(C(=O)O)C1C. The van der Waals surface area contributed by atoms with Gasteiger partial charge in [-0.15, -0.1) is 0 Å². The first kappa shape index (κ1) is 13.4. The van der Waals surface area contributed by atoms with Crippen LogP contribution in [-0.4, -0.2) is 42.9 Å². The van der Waals surface area contributed by atoms with Gasteiger partial charge in [-0.2, -0.15) is 12.7 Å². The highest BCUT2D eigenvalue weighted by Crippen LogP contribution is 2.26. The molecule has 0 aromatic rings. The maximum Gasteiger partial charge on any atom is 0.308 e. The third-order valence-corrected chi connectivity index (χ3v) is 4.56. The lowest BCUT2D eigenvalue weighted by atomic mass is 10.0. The van der Waals surface area contributed by atoms with Crippen LogP contribution in [0.1, 0.15) is 26.7 Å². The van der Waals surface area contributed by atoms with Crippen LogP contribution < -0.4 is 4.72 Å². The van der Waals surface area contributed by atoms with Crippen molar-refractivity contribution in [1.82, 2.24) is 9.03 Å². The average Bonchev–Trinajstić information content (AvgIpc) is 2.58. The Morgan fingerprint density at radius 1 is 1.56 bits per heavy atom. The van der Waals surface area contributed by atoms with E-state index in [1.54, 1.807) is 6.92 Å². The molecule has 0 aromatic carbocycles. The zero-order chi connectivity index (χ0) is 12.3. The van der Waals surface area contributed by atoms with Crippen molar-refractivity contribution in [2.45, 2.75) is 32.7 Å². The van der Waals surface area contributed by atoms with E-state index < -0.39 is 28.1 Å². The zero-order valence-corrected chi connectivity index (χ0v) is 10.3.